The van der Waals surface area contributed by atoms with Gasteiger partial charge in [0.15, 0.2) is 0 Å². The van der Waals surface area contributed by atoms with Crippen molar-refractivity contribution in [2.45, 2.75) is 19.7 Å². The molecule has 0 aliphatic carbocycles. The van der Waals surface area contributed by atoms with Crippen molar-refractivity contribution in [3.8, 4) is 0 Å². The van der Waals surface area contributed by atoms with Crippen LogP contribution in [-0.2, 0) is 16.1 Å². The van der Waals surface area contributed by atoms with Gasteiger partial charge in [-0.2, -0.15) is 13.2 Å². The highest BCUT2D eigenvalue weighted by Crippen LogP contribution is 2.14. The van der Waals surface area contributed by atoms with Crippen LogP contribution in [-0.4, -0.2) is 31.3 Å². The van der Waals surface area contributed by atoms with Crippen LogP contribution in [0.2, 0.25) is 0 Å². The average Bonchev–Trinajstić information content (AvgIpc) is 2.48. The summed E-state index contributed by atoms with van der Waals surface area (Å²) in [7, 11) is 0. The number of carbonyl (C=O) groups excluding carboxylic acids is 2. The minimum Gasteiger partial charge on any atom is -0.445 e. The van der Waals surface area contributed by atoms with Crippen LogP contribution < -0.4 is 10.6 Å². The number of amides is 2. The molecule has 2 amide bonds. The van der Waals surface area contributed by atoms with Crippen molar-refractivity contribution in [3.05, 3.63) is 35.9 Å². The SMILES string of the molecule is CC(CNC(=O)OCc1ccccc1)CNC(=O)C(F)(F)F. The average molecular weight is 318 g/mol. The zero-order valence-corrected chi connectivity index (χ0v) is 11.9. The molecule has 0 spiro atoms. The molecule has 0 heterocycles. The number of hydrogen-bond donors (Lipinski definition) is 2. The van der Waals surface area contributed by atoms with Crippen molar-refractivity contribution in [1.29, 1.82) is 0 Å². The van der Waals surface area contributed by atoms with Crippen molar-refractivity contribution >= 4 is 12.0 Å². The number of alkyl halides is 3. The monoisotopic (exact) mass is 318 g/mol. The smallest absolute Gasteiger partial charge is 0.445 e. The quantitative estimate of drug-likeness (QED) is 0.845. The van der Waals surface area contributed by atoms with Crippen molar-refractivity contribution in [2.75, 3.05) is 13.1 Å². The van der Waals surface area contributed by atoms with Gasteiger partial charge in [0.2, 0.25) is 0 Å². The van der Waals surface area contributed by atoms with E-state index in [1.165, 1.54) is 0 Å². The summed E-state index contributed by atoms with van der Waals surface area (Å²) in [6.07, 6.45) is -5.57. The molecule has 1 unspecified atom stereocenters. The van der Waals surface area contributed by atoms with Crippen LogP contribution in [0.25, 0.3) is 0 Å². The minimum atomic E-state index is -4.90. The molecular weight excluding hydrogens is 301 g/mol. The van der Waals surface area contributed by atoms with Crippen molar-refractivity contribution in [1.82, 2.24) is 10.6 Å². The predicted molar refractivity (Wildman–Crippen MR) is 72.9 cm³/mol. The first kappa shape index (κ1) is 17.8. The largest absolute Gasteiger partial charge is 0.471 e. The van der Waals surface area contributed by atoms with Gasteiger partial charge in [0, 0.05) is 13.1 Å². The molecule has 22 heavy (non-hydrogen) atoms. The van der Waals surface area contributed by atoms with Gasteiger partial charge in [-0.3, -0.25) is 4.79 Å². The lowest BCUT2D eigenvalue weighted by molar-refractivity contribution is -0.173. The number of nitrogens with one attached hydrogen (secondary N) is 2. The fourth-order valence-electron chi connectivity index (χ4n) is 1.47. The van der Waals surface area contributed by atoms with E-state index in [-0.39, 0.29) is 25.6 Å². The highest BCUT2D eigenvalue weighted by molar-refractivity contribution is 5.81. The zero-order valence-electron chi connectivity index (χ0n) is 11.9. The molecule has 0 fully saturated rings. The number of halogens is 3. The van der Waals surface area contributed by atoms with Crippen LogP contribution in [0.4, 0.5) is 18.0 Å². The third kappa shape index (κ3) is 6.96. The Morgan fingerprint density at radius 3 is 2.32 bits per heavy atom. The molecule has 5 nitrogen and oxygen atoms in total. The Morgan fingerprint density at radius 1 is 1.14 bits per heavy atom. The van der Waals surface area contributed by atoms with Gasteiger partial charge in [0.1, 0.15) is 6.61 Å². The van der Waals surface area contributed by atoms with Crippen molar-refractivity contribution < 1.29 is 27.5 Å². The van der Waals surface area contributed by atoms with Gasteiger partial charge >= 0.3 is 18.2 Å². The summed E-state index contributed by atoms with van der Waals surface area (Å²) in [6, 6.07) is 9.04. The summed E-state index contributed by atoms with van der Waals surface area (Å²) in [5.74, 6) is -2.36. The number of carbonyl (C=O) groups is 2. The summed E-state index contributed by atoms with van der Waals surface area (Å²) in [5.41, 5.74) is 0.822. The Morgan fingerprint density at radius 2 is 1.73 bits per heavy atom. The van der Waals surface area contributed by atoms with Crippen molar-refractivity contribution in [2.24, 2.45) is 5.92 Å². The molecule has 1 aromatic rings. The number of hydrogen-bond acceptors (Lipinski definition) is 3. The van der Waals surface area contributed by atoms with Gasteiger partial charge in [-0.15, -0.1) is 0 Å². The van der Waals surface area contributed by atoms with Gasteiger partial charge in [0.05, 0.1) is 0 Å². The second-order valence-corrected chi connectivity index (χ2v) is 4.76. The fraction of sp³-hybridized carbons (Fsp3) is 0.429. The van der Waals surface area contributed by atoms with E-state index in [2.05, 4.69) is 5.32 Å². The van der Waals surface area contributed by atoms with E-state index in [1.54, 1.807) is 24.4 Å². The van der Waals surface area contributed by atoms with Crippen LogP contribution in [0.5, 0.6) is 0 Å². The Bertz CT molecular complexity index is 492. The summed E-state index contributed by atoms with van der Waals surface area (Å²) in [6.45, 7) is 1.59. The fourth-order valence-corrected chi connectivity index (χ4v) is 1.47. The standard InChI is InChI=1S/C14H17F3N2O3/c1-10(7-18-12(20)14(15,16)17)8-19-13(21)22-9-11-5-3-2-4-6-11/h2-6,10H,7-9H2,1H3,(H,18,20)(H,19,21). The first-order valence-corrected chi connectivity index (χ1v) is 6.58. The topological polar surface area (TPSA) is 67.4 Å². The molecule has 0 saturated heterocycles. The maximum absolute atomic E-state index is 12.0. The maximum atomic E-state index is 12.0. The van der Waals surface area contributed by atoms with Gasteiger partial charge in [-0.05, 0) is 11.5 Å². The van der Waals surface area contributed by atoms with Crippen LogP contribution in [0.3, 0.4) is 0 Å². The van der Waals surface area contributed by atoms with E-state index in [1.807, 2.05) is 18.2 Å². The van der Waals surface area contributed by atoms with E-state index in [4.69, 9.17) is 4.74 Å². The molecule has 122 valence electrons. The molecule has 0 bridgehead atoms. The maximum Gasteiger partial charge on any atom is 0.471 e. The predicted octanol–water partition coefficient (Wildman–Crippen LogP) is 2.23. The molecule has 0 radical (unpaired) electrons. The molecule has 0 saturated carbocycles. The third-order valence-electron chi connectivity index (χ3n) is 2.68. The van der Waals surface area contributed by atoms with Crippen LogP contribution in [0, 0.1) is 5.92 Å². The van der Waals surface area contributed by atoms with E-state index in [9.17, 15) is 22.8 Å². The number of alkyl carbamates (subject to hydrolysis) is 1. The molecule has 0 aliphatic rings. The van der Waals surface area contributed by atoms with Gasteiger partial charge in [-0.1, -0.05) is 37.3 Å². The molecule has 1 aromatic carbocycles. The van der Waals surface area contributed by atoms with E-state index in [0.717, 1.165) is 5.56 Å². The number of ether oxygens (including phenoxy) is 1. The molecule has 8 heteroatoms. The second kappa shape index (κ2) is 8.26. The van der Waals surface area contributed by atoms with Crippen molar-refractivity contribution in [3.63, 3.8) is 0 Å². The van der Waals surface area contributed by atoms with Crippen LogP contribution >= 0.6 is 0 Å². The van der Waals surface area contributed by atoms with E-state index >= 15 is 0 Å². The lowest BCUT2D eigenvalue weighted by Gasteiger charge is -2.14. The molecule has 1 rings (SSSR count). The number of rotatable bonds is 6. The van der Waals surface area contributed by atoms with E-state index in [0.29, 0.717) is 0 Å². The minimum absolute atomic E-state index is 0.0890. The van der Waals surface area contributed by atoms with Crippen LogP contribution in [0.1, 0.15) is 12.5 Å². The highest BCUT2D eigenvalue weighted by atomic mass is 19.4. The first-order chi connectivity index (χ1) is 10.3. The Balaban J connectivity index is 2.19. The Kier molecular flexibility index (Phi) is 6.68. The van der Waals surface area contributed by atoms with E-state index < -0.39 is 18.2 Å². The first-order valence-electron chi connectivity index (χ1n) is 6.58. The molecule has 1 atom stereocenters. The van der Waals surface area contributed by atoms with Crippen LogP contribution in [0.15, 0.2) is 30.3 Å². The van der Waals surface area contributed by atoms with Gasteiger partial charge < -0.3 is 15.4 Å². The summed E-state index contributed by atoms with van der Waals surface area (Å²) in [5, 5.41) is 4.17. The summed E-state index contributed by atoms with van der Waals surface area (Å²) in [4.78, 5) is 22.0. The lowest BCUT2D eigenvalue weighted by Crippen LogP contribution is -2.41. The zero-order chi connectivity index (χ0) is 16.6. The Labute approximate surface area is 125 Å². The molecular formula is C14H17F3N2O3. The number of benzene rings is 1. The summed E-state index contributed by atoms with van der Waals surface area (Å²) < 4.78 is 40.9. The van der Waals surface area contributed by atoms with Gasteiger partial charge in [-0.25, -0.2) is 4.79 Å². The van der Waals surface area contributed by atoms with Gasteiger partial charge in [0.25, 0.3) is 0 Å². The molecule has 0 aromatic heterocycles. The normalized spacial score (nSPS) is 12.4. The third-order valence-corrected chi connectivity index (χ3v) is 2.68. The lowest BCUT2D eigenvalue weighted by atomic mass is 10.2. The Hall–Kier alpha value is -2.25. The highest BCUT2D eigenvalue weighted by Gasteiger charge is 2.38. The molecule has 2 N–H and O–H groups in total. The summed E-state index contributed by atoms with van der Waals surface area (Å²) >= 11 is 0. The second-order valence-electron chi connectivity index (χ2n) is 4.76. The molecule has 0 aliphatic heterocycles.